The monoisotopic (exact) mass is 237 g/mol. The van der Waals surface area contributed by atoms with Crippen LogP contribution in [-0.4, -0.2) is 20.2 Å². The summed E-state index contributed by atoms with van der Waals surface area (Å²) in [6.07, 6.45) is 1.71. The summed E-state index contributed by atoms with van der Waals surface area (Å²) in [7, 11) is -2.98. The molecule has 86 valence electrons. The molecular formula is C12H15NO2S. The van der Waals surface area contributed by atoms with Crippen molar-refractivity contribution in [3.63, 3.8) is 0 Å². The summed E-state index contributed by atoms with van der Waals surface area (Å²) in [6, 6.07) is 6.01. The lowest BCUT2D eigenvalue weighted by molar-refractivity contribution is 0.605. The number of benzene rings is 1. The molecule has 1 aliphatic heterocycles. The van der Waals surface area contributed by atoms with E-state index < -0.39 is 9.84 Å². The summed E-state index contributed by atoms with van der Waals surface area (Å²) in [5.74, 6) is 0.153. The average Bonchev–Trinajstić information content (AvgIpc) is 2.52. The largest absolute Gasteiger partial charge is 0.378 e. The van der Waals surface area contributed by atoms with E-state index in [1.54, 1.807) is 6.08 Å². The van der Waals surface area contributed by atoms with Gasteiger partial charge in [0.25, 0.3) is 0 Å². The molecular weight excluding hydrogens is 222 g/mol. The van der Waals surface area contributed by atoms with Crippen LogP contribution in [0.2, 0.25) is 0 Å². The topological polar surface area (TPSA) is 46.2 Å². The predicted octanol–water partition coefficient (Wildman–Crippen LogP) is 2.03. The van der Waals surface area contributed by atoms with E-state index in [0.717, 1.165) is 16.8 Å². The highest BCUT2D eigenvalue weighted by molar-refractivity contribution is 7.94. The molecule has 0 radical (unpaired) electrons. The molecule has 0 aliphatic carbocycles. The minimum absolute atomic E-state index is 0.106. The van der Waals surface area contributed by atoms with Crippen molar-refractivity contribution in [3.8, 4) is 0 Å². The van der Waals surface area contributed by atoms with Gasteiger partial charge in [-0.05, 0) is 31.0 Å². The lowest BCUT2D eigenvalue weighted by atomic mass is 10.1. The van der Waals surface area contributed by atoms with Gasteiger partial charge in [-0.3, -0.25) is 0 Å². The number of sulfone groups is 1. The number of hydrogen-bond donors (Lipinski definition) is 1. The second-order valence-corrected chi connectivity index (χ2v) is 6.16. The highest BCUT2D eigenvalue weighted by Gasteiger charge is 2.21. The summed E-state index contributed by atoms with van der Waals surface area (Å²) < 4.78 is 22.5. The number of aryl methyl sites for hydroxylation is 2. The zero-order valence-electron chi connectivity index (χ0n) is 9.40. The van der Waals surface area contributed by atoms with Crippen LogP contribution in [0.3, 0.4) is 0 Å². The highest BCUT2D eigenvalue weighted by Crippen LogP contribution is 2.20. The molecule has 1 aromatic rings. The zero-order valence-corrected chi connectivity index (χ0v) is 10.2. The SMILES string of the molecule is Cc1ccc(C)c(N[C@H]2C=CS(=O)(=O)C2)c1. The molecule has 0 amide bonds. The lowest BCUT2D eigenvalue weighted by Gasteiger charge is -2.14. The molecule has 1 heterocycles. The Hall–Kier alpha value is -1.29. The summed E-state index contributed by atoms with van der Waals surface area (Å²) in [5, 5.41) is 4.53. The Morgan fingerprint density at radius 2 is 2.06 bits per heavy atom. The number of rotatable bonds is 2. The molecule has 0 spiro atoms. The Morgan fingerprint density at radius 3 is 2.69 bits per heavy atom. The molecule has 0 saturated heterocycles. The minimum atomic E-state index is -2.98. The first-order valence-corrected chi connectivity index (χ1v) is 6.92. The fourth-order valence-corrected chi connectivity index (χ4v) is 2.99. The van der Waals surface area contributed by atoms with Gasteiger partial charge in [-0.1, -0.05) is 18.2 Å². The summed E-state index contributed by atoms with van der Waals surface area (Å²) >= 11 is 0. The molecule has 4 heteroatoms. The first-order chi connectivity index (χ1) is 7.46. The van der Waals surface area contributed by atoms with E-state index in [0.29, 0.717) is 0 Å². The fourth-order valence-electron chi connectivity index (χ4n) is 1.76. The minimum Gasteiger partial charge on any atom is -0.378 e. The van der Waals surface area contributed by atoms with Gasteiger partial charge in [0, 0.05) is 11.1 Å². The molecule has 0 unspecified atom stereocenters. The van der Waals surface area contributed by atoms with E-state index in [-0.39, 0.29) is 11.8 Å². The Kier molecular flexibility index (Phi) is 2.76. The quantitative estimate of drug-likeness (QED) is 0.856. The zero-order chi connectivity index (χ0) is 11.8. The standard InChI is InChI=1S/C12H15NO2S/c1-9-3-4-10(2)12(7-9)13-11-5-6-16(14,15)8-11/h3-7,11,13H,8H2,1-2H3/t11-/m0/s1. The predicted molar refractivity (Wildman–Crippen MR) is 66.3 cm³/mol. The number of hydrogen-bond acceptors (Lipinski definition) is 3. The maximum atomic E-state index is 11.3. The molecule has 0 aromatic heterocycles. The van der Waals surface area contributed by atoms with Crippen LogP contribution in [0.4, 0.5) is 5.69 Å². The Bertz CT molecular complexity index is 532. The van der Waals surface area contributed by atoms with E-state index in [1.165, 1.54) is 5.41 Å². The molecule has 0 saturated carbocycles. The summed E-state index contributed by atoms with van der Waals surface area (Å²) in [5.41, 5.74) is 3.30. The molecule has 3 nitrogen and oxygen atoms in total. The van der Waals surface area contributed by atoms with E-state index in [9.17, 15) is 8.42 Å². The van der Waals surface area contributed by atoms with Crippen molar-refractivity contribution in [2.45, 2.75) is 19.9 Å². The molecule has 2 rings (SSSR count). The Morgan fingerprint density at radius 1 is 1.31 bits per heavy atom. The van der Waals surface area contributed by atoms with Crippen LogP contribution in [0.5, 0.6) is 0 Å². The van der Waals surface area contributed by atoms with Crippen molar-refractivity contribution in [2.75, 3.05) is 11.1 Å². The van der Waals surface area contributed by atoms with E-state index >= 15 is 0 Å². The van der Waals surface area contributed by atoms with Gasteiger partial charge in [0.05, 0.1) is 11.8 Å². The van der Waals surface area contributed by atoms with E-state index in [2.05, 4.69) is 5.32 Å². The summed E-state index contributed by atoms with van der Waals surface area (Å²) in [6.45, 7) is 4.03. The van der Waals surface area contributed by atoms with Gasteiger partial charge in [-0.15, -0.1) is 0 Å². The Labute approximate surface area is 96.1 Å². The summed E-state index contributed by atoms with van der Waals surface area (Å²) in [4.78, 5) is 0. The van der Waals surface area contributed by atoms with Crippen molar-refractivity contribution >= 4 is 15.5 Å². The van der Waals surface area contributed by atoms with E-state index in [4.69, 9.17) is 0 Å². The third kappa shape index (κ3) is 2.44. The second kappa shape index (κ2) is 3.94. The molecule has 1 atom stereocenters. The maximum Gasteiger partial charge on any atom is 0.173 e. The first kappa shape index (κ1) is 11.2. The van der Waals surface area contributed by atoms with Crippen LogP contribution in [0, 0.1) is 13.8 Å². The van der Waals surface area contributed by atoms with Gasteiger partial charge in [-0.25, -0.2) is 8.42 Å². The van der Waals surface area contributed by atoms with Crippen molar-refractivity contribution in [2.24, 2.45) is 0 Å². The fraction of sp³-hybridized carbons (Fsp3) is 0.333. The van der Waals surface area contributed by atoms with Gasteiger partial charge in [0.15, 0.2) is 9.84 Å². The van der Waals surface area contributed by atoms with Crippen molar-refractivity contribution in [1.82, 2.24) is 0 Å². The number of nitrogens with one attached hydrogen (secondary N) is 1. The normalized spacial score (nSPS) is 22.2. The lowest BCUT2D eigenvalue weighted by Crippen LogP contribution is -2.21. The van der Waals surface area contributed by atoms with Crippen LogP contribution < -0.4 is 5.32 Å². The van der Waals surface area contributed by atoms with Crippen LogP contribution >= 0.6 is 0 Å². The molecule has 0 bridgehead atoms. The Balaban J connectivity index is 2.17. The van der Waals surface area contributed by atoms with Crippen LogP contribution in [0.25, 0.3) is 0 Å². The van der Waals surface area contributed by atoms with E-state index in [1.807, 2.05) is 32.0 Å². The molecule has 16 heavy (non-hydrogen) atoms. The van der Waals surface area contributed by atoms with Crippen molar-refractivity contribution in [1.29, 1.82) is 0 Å². The van der Waals surface area contributed by atoms with Gasteiger partial charge < -0.3 is 5.32 Å². The third-order valence-electron chi connectivity index (χ3n) is 2.66. The maximum absolute atomic E-state index is 11.3. The van der Waals surface area contributed by atoms with Crippen molar-refractivity contribution < 1.29 is 8.42 Å². The molecule has 1 aliphatic rings. The third-order valence-corrected chi connectivity index (χ3v) is 4.06. The molecule has 0 fully saturated rings. The molecule has 1 N–H and O–H groups in total. The number of anilines is 1. The first-order valence-electron chi connectivity index (χ1n) is 5.21. The average molecular weight is 237 g/mol. The van der Waals surface area contributed by atoms with Crippen LogP contribution in [0.1, 0.15) is 11.1 Å². The van der Waals surface area contributed by atoms with Crippen molar-refractivity contribution in [3.05, 3.63) is 40.8 Å². The van der Waals surface area contributed by atoms with Crippen LogP contribution in [0.15, 0.2) is 29.7 Å². The van der Waals surface area contributed by atoms with Gasteiger partial charge >= 0.3 is 0 Å². The smallest absolute Gasteiger partial charge is 0.173 e. The van der Waals surface area contributed by atoms with Gasteiger partial charge in [0.2, 0.25) is 0 Å². The molecule has 1 aromatic carbocycles. The van der Waals surface area contributed by atoms with Gasteiger partial charge in [0.1, 0.15) is 0 Å². The van der Waals surface area contributed by atoms with Gasteiger partial charge in [-0.2, -0.15) is 0 Å². The van der Waals surface area contributed by atoms with Crippen LogP contribution in [-0.2, 0) is 9.84 Å². The highest BCUT2D eigenvalue weighted by atomic mass is 32.2. The second-order valence-electron chi connectivity index (χ2n) is 4.23.